The first kappa shape index (κ1) is 15.5. The van der Waals surface area contributed by atoms with Gasteiger partial charge in [0, 0.05) is 25.7 Å². The predicted molar refractivity (Wildman–Crippen MR) is 87.8 cm³/mol. The molecule has 5 nitrogen and oxygen atoms in total. The van der Waals surface area contributed by atoms with Crippen LogP contribution in [0.1, 0.15) is 12.0 Å². The second-order valence-electron chi connectivity index (χ2n) is 5.51. The summed E-state index contributed by atoms with van der Waals surface area (Å²) in [6, 6.07) is 13.0. The van der Waals surface area contributed by atoms with Crippen molar-refractivity contribution in [2.45, 2.75) is 13.0 Å². The number of anilines is 1. The van der Waals surface area contributed by atoms with Crippen LogP contribution in [0.5, 0.6) is 0 Å². The van der Waals surface area contributed by atoms with Crippen LogP contribution in [0.3, 0.4) is 0 Å². The van der Waals surface area contributed by atoms with Crippen molar-refractivity contribution in [2.24, 2.45) is 5.92 Å². The Morgan fingerprint density at radius 3 is 2.74 bits per heavy atom. The Balaban J connectivity index is 1.60. The number of hydrogen-bond donors (Lipinski definition) is 1. The summed E-state index contributed by atoms with van der Waals surface area (Å²) in [5.41, 5.74) is 1.06. The van der Waals surface area contributed by atoms with E-state index in [9.17, 15) is 9.59 Å². The van der Waals surface area contributed by atoms with Crippen molar-refractivity contribution >= 4 is 29.2 Å². The van der Waals surface area contributed by atoms with Gasteiger partial charge < -0.3 is 10.2 Å². The Kier molecular flexibility index (Phi) is 4.57. The Morgan fingerprint density at radius 2 is 2.04 bits per heavy atom. The van der Waals surface area contributed by atoms with Crippen molar-refractivity contribution in [3.05, 3.63) is 59.2 Å². The lowest BCUT2D eigenvalue weighted by atomic mass is 10.1. The van der Waals surface area contributed by atoms with Crippen LogP contribution < -0.4 is 5.32 Å². The fourth-order valence-electron chi connectivity index (χ4n) is 2.58. The minimum atomic E-state index is -0.358. The lowest BCUT2D eigenvalue weighted by molar-refractivity contribution is -0.128. The van der Waals surface area contributed by atoms with Gasteiger partial charge in [0.2, 0.25) is 11.8 Å². The number of aromatic nitrogens is 1. The van der Waals surface area contributed by atoms with E-state index in [-0.39, 0.29) is 24.2 Å². The number of benzene rings is 1. The molecule has 2 heterocycles. The second kappa shape index (κ2) is 6.79. The molecule has 0 aliphatic carbocycles. The molecule has 1 fully saturated rings. The van der Waals surface area contributed by atoms with Crippen LogP contribution in [0.4, 0.5) is 5.82 Å². The van der Waals surface area contributed by atoms with Gasteiger partial charge in [-0.25, -0.2) is 4.98 Å². The molecule has 3 rings (SSSR count). The molecule has 0 bridgehead atoms. The Hall–Kier alpha value is -2.40. The average Bonchev–Trinajstić information content (AvgIpc) is 2.92. The van der Waals surface area contributed by atoms with Gasteiger partial charge in [0.1, 0.15) is 5.82 Å². The van der Waals surface area contributed by atoms with Crippen molar-refractivity contribution in [1.82, 2.24) is 9.88 Å². The predicted octanol–water partition coefficient (Wildman–Crippen LogP) is 2.72. The molecule has 1 atom stereocenters. The molecule has 1 saturated heterocycles. The molecule has 0 radical (unpaired) electrons. The number of likely N-dealkylation sites (tertiary alicyclic amines) is 1. The summed E-state index contributed by atoms with van der Waals surface area (Å²) in [4.78, 5) is 30.1. The normalized spacial score (nSPS) is 17.3. The van der Waals surface area contributed by atoms with E-state index in [0.29, 0.717) is 23.9 Å². The molecular formula is C17H16ClN3O2. The highest BCUT2D eigenvalue weighted by Crippen LogP contribution is 2.21. The Bertz CT molecular complexity index is 704. The molecule has 2 aromatic rings. The topological polar surface area (TPSA) is 62.3 Å². The molecule has 2 amide bonds. The maximum absolute atomic E-state index is 12.3. The summed E-state index contributed by atoms with van der Waals surface area (Å²) in [6.45, 7) is 0.954. The zero-order valence-corrected chi connectivity index (χ0v) is 13.2. The van der Waals surface area contributed by atoms with E-state index in [1.54, 1.807) is 17.0 Å². The number of halogens is 1. The fraction of sp³-hybridized carbons (Fsp3) is 0.235. The van der Waals surface area contributed by atoms with Gasteiger partial charge in [-0.15, -0.1) is 0 Å². The molecule has 0 spiro atoms. The molecule has 6 heteroatoms. The van der Waals surface area contributed by atoms with E-state index in [4.69, 9.17) is 11.6 Å². The number of hydrogen-bond acceptors (Lipinski definition) is 3. The molecule has 1 aromatic carbocycles. The average molecular weight is 330 g/mol. The highest BCUT2D eigenvalue weighted by Gasteiger charge is 2.34. The third kappa shape index (κ3) is 3.87. The lowest BCUT2D eigenvalue weighted by Crippen LogP contribution is -2.28. The monoisotopic (exact) mass is 329 g/mol. The highest BCUT2D eigenvalue weighted by atomic mass is 35.5. The Morgan fingerprint density at radius 1 is 1.26 bits per heavy atom. The van der Waals surface area contributed by atoms with Gasteiger partial charge in [0.15, 0.2) is 0 Å². The Labute approximate surface area is 139 Å². The zero-order chi connectivity index (χ0) is 16.2. The van der Waals surface area contributed by atoms with Crippen LogP contribution >= 0.6 is 11.6 Å². The molecular weight excluding hydrogens is 314 g/mol. The van der Waals surface area contributed by atoms with Gasteiger partial charge in [0.05, 0.1) is 10.9 Å². The molecule has 1 aromatic heterocycles. The minimum absolute atomic E-state index is 0.00179. The van der Waals surface area contributed by atoms with Crippen molar-refractivity contribution in [3.8, 4) is 0 Å². The van der Waals surface area contributed by atoms with E-state index < -0.39 is 0 Å². The smallest absolute Gasteiger partial charge is 0.230 e. The van der Waals surface area contributed by atoms with E-state index in [2.05, 4.69) is 10.3 Å². The van der Waals surface area contributed by atoms with Crippen LogP contribution in [-0.4, -0.2) is 28.2 Å². The van der Waals surface area contributed by atoms with Crippen molar-refractivity contribution in [1.29, 1.82) is 0 Å². The first-order valence-corrected chi connectivity index (χ1v) is 7.74. The first-order chi connectivity index (χ1) is 11.1. The van der Waals surface area contributed by atoms with Crippen molar-refractivity contribution < 1.29 is 9.59 Å². The molecule has 118 valence electrons. The zero-order valence-electron chi connectivity index (χ0n) is 12.4. The summed E-state index contributed by atoms with van der Waals surface area (Å²) in [6.07, 6.45) is 1.70. The molecule has 1 aliphatic heterocycles. The maximum atomic E-state index is 12.3. The molecule has 1 unspecified atom stereocenters. The van der Waals surface area contributed by atoms with Gasteiger partial charge in [0.25, 0.3) is 0 Å². The quantitative estimate of drug-likeness (QED) is 0.938. The van der Waals surface area contributed by atoms with Crippen LogP contribution in [0, 0.1) is 5.92 Å². The number of nitrogens with one attached hydrogen (secondary N) is 1. The number of rotatable bonds is 4. The highest BCUT2D eigenvalue weighted by molar-refractivity contribution is 6.30. The number of carbonyl (C=O) groups excluding carboxylic acids is 2. The molecule has 23 heavy (non-hydrogen) atoms. The van der Waals surface area contributed by atoms with E-state index >= 15 is 0 Å². The van der Waals surface area contributed by atoms with Gasteiger partial charge >= 0.3 is 0 Å². The third-order valence-corrected chi connectivity index (χ3v) is 4.00. The standard InChI is InChI=1S/C17H16ClN3O2/c18-14-6-7-15(19-9-14)20-17(23)13-8-16(22)21(11-13)10-12-4-2-1-3-5-12/h1-7,9,13H,8,10-11H2,(H,19,20,23). The first-order valence-electron chi connectivity index (χ1n) is 7.36. The van der Waals surface area contributed by atoms with Crippen LogP contribution in [-0.2, 0) is 16.1 Å². The third-order valence-electron chi connectivity index (χ3n) is 3.78. The lowest BCUT2D eigenvalue weighted by Gasteiger charge is -2.16. The van der Waals surface area contributed by atoms with Crippen LogP contribution in [0.2, 0.25) is 5.02 Å². The number of nitrogens with zero attached hydrogens (tertiary/aromatic N) is 2. The summed E-state index contributed by atoms with van der Waals surface area (Å²) in [5, 5.41) is 3.24. The van der Waals surface area contributed by atoms with Gasteiger partial charge in [-0.05, 0) is 17.7 Å². The SMILES string of the molecule is O=C(Nc1ccc(Cl)cn1)C1CC(=O)N(Cc2ccccc2)C1. The summed E-state index contributed by atoms with van der Waals surface area (Å²) in [7, 11) is 0. The second-order valence-corrected chi connectivity index (χ2v) is 5.95. The fourth-order valence-corrected chi connectivity index (χ4v) is 2.69. The van der Waals surface area contributed by atoms with Crippen LogP contribution in [0.25, 0.3) is 0 Å². The maximum Gasteiger partial charge on any atom is 0.230 e. The minimum Gasteiger partial charge on any atom is -0.338 e. The number of carbonyl (C=O) groups is 2. The summed E-state index contributed by atoms with van der Waals surface area (Å²) in [5.74, 6) is -0.112. The largest absolute Gasteiger partial charge is 0.338 e. The van der Waals surface area contributed by atoms with E-state index in [1.807, 2.05) is 30.3 Å². The van der Waals surface area contributed by atoms with Gasteiger partial charge in [-0.3, -0.25) is 9.59 Å². The van der Waals surface area contributed by atoms with Gasteiger partial charge in [-0.2, -0.15) is 0 Å². The van der Waals surface area contributed by atoms with Crippen molar-refractivity contribution in [2.75, 3.05) is 11.9 Å². The van der Waals surface area contributed by atoms with Crippen LogP contribution in [0.15, 0.2) is 48.7 Å². The van der Waals surface area contributed by atoms with E-state index in [1.165, 1.54) is 6.20 Å². The van der Waals surface area contributed by atoms with Crippen molar-refractivity contribution in [3.63, 3.8) is 0 Å². The number of amides is 2. The molecule has 1 aliphatic rings. The molecule has 0 saturated carbocycles. The summed E-state index contributed by atoms with van der Waals surface area (Å²) >= 11 is 5.76. The summed E-state index contributed by atoms with van der Waals surface area (Å²) < 4.78 is 0. The molecule has 1 N–H and O–H groups in total. The van der Waals surface area contributed by atoms with E-state index in [0.717, 1.165) is 5.56 Å². The van der Waals surface area contributed by atoms with Gasteiger partial charge in [-0.1, -0.05) is 41.9 Å². The number of pyridine rings is 1.